The average molecular weight is 169 g/mol. The Kier molecular flexibility index (Phi) is 1.36. The number of benzene rings is 1. The Labute approximate surface area is 76.6 Å². The Balaban J connectivity index is 2.21. The SMILES string of the molecule is [c]1ccc2ncc(C3CC3)nc2c1. The van der Waals surface area contributed by atoms with Crippen LogP contribution in [0.4, 0.5) is 0 Å². The van der Waals surface area contributed by atoms with Crippen molar-refractivity contribution in [2.45, 2.75) is 18.8 Å². The maximum absolute atomic E-state index is 4.54. The van der Waals surface area contributed by atoms with Gasteiger partial charge in [-0.2, -0.15) is 0 Å². The van der Waals surface area contributed by atoms with Gasteiger partial charge in [0.2, 0.25) is 0 Å². The third-order valence-electron chi connectivity index (χ3n) is 2.40. The van der Waals surface area contributed by atoms with Crippen molar-refractivity contribution in [1.29, 1.82) is 0 Å². The van der Waals surface area contributed by atoms with E-state index in [2.05, 4.69) is 16.0 Å². The van der Waals surface area contributed by atoms with Crippen LogP contribution in [0.3, 0.4) is 0 Å². The molecular weight excluding hydrogens is 160 g/mol. The molecule has 0 unspecified atom stereocenters. The molecule has 0 bridgehead atoms. The Morgan fingerprint density at radius 1 is 1.31 bits per heavy atom. The van der Waals surface area contributed by atoms with Gasteiger partial charge >= 0.3 is 0 Å². The first kappa shape index (κ1) is 7.01. The van der Waals surface area contributed by atoms with E-state index in [1.807, 2.05) is 24.4 Å². The third kappa shape index (κ3) is 1.18. The summed E-state index contributed by atoms with van der Waals surface area (Å²) >= 11 is 0. The van der Waals surface area contributed by atoms with Crippen molar-refractivity contribution < 1.29 is 0 Å². The van der Waals surface area contributed by atoms with Gasteiger partial charge in [-0.15, -0.1) is 0 Å². The highest BCUT2D eigenvalue weighted by Crippen LogP contribution is 2.38. The summed E-state index contributed by atoms with van der Waals surface area (Å²) in [4.78, 5) is 8.90. The molecule has 1 aromatic carbocycles. The fraction of sp³-hybridized carbons (Fsp3) is 0.273. The maximum atomic E-state index is 4.54. The standard InChI is InChI=1S/C11H9N2/c1-2-4-10-9(3-1)12-7-11(13-10)8-5-6-8/h1,3-4,7-8H,5-6H2. The van der Waals surface area contributed by atoms with Crippen molar-refractivity contribution in [3.05, 3.63) is 36.2 Å². The monoisotopic (exact) mass is 169 g/mol. The molecule has 1 saturated carbocycles. The highest BCUT2D eigenvalue weighted by atomic mass is 14.8. The Morgan fingerprint density at radius 2 is 2.23 bits per heavy atom. The Morgan fingerprint density at radius 3 is 3.08 bits per heavy atom. The number of hydrogen-bond donors (Lipinski definition) is 0. The van der Waals surface area contributed by atoms with Crippen LogP contribution in [0, 0.1) is 6.07 Å². The zero-order valence-electron chi connectivity index (χ0n) is 7.20. The molecule has 1 aliphatic rings. The zero-order chi connectivity index (χ0) is 8.67. The quantitative estimate of drug-likeness (QED) is 0.654. The first-order valence-corrected chi connectivity index (χ1v) is 4.56. The number of hydrogen-bond acceptors (Lipinski definition) is 2. The van der Waals surface area contributed by atoms with Gasteiger partial charge in [0.15, 0.2) is 0 Å². The average Bonchev–Trinajstić information content (AvgIpc) is 3.00. The van der Waals surface area contributed by atoms with Gasteiger partial charge in [-0.1, -0.05) is 6.07 Å². The van der Waals surface area contributed by atoms with Gasteiger partial charge in [0.25, 0.3) is 0 Å². The molecule has 1 heterocycles. The lowest BCUT2D eigenvalue weighted by Crippen LogP contribution is -1.89. The molecule has 2 heteroatoms. The van der Waals surface area contributed by atoms with Crippen LogP contribution in [-0.2, 0) is 0 Å². The minimum atomic E-state index is 0.678. The van der Waals surface area contributed by atoms with E-state index in [1.54, 1.807) is 0 Å². The molecule has 1 aromatic heterocycles. The van der Waals surface area contributed by atoms with Crippen molar-refractivity contribution >= 4 is 11.0 Å². The van der Waals surface area contributed by atoms with E-state index in [9.17, 15) is 0 Å². The van der Waals surface area contributed by atoms with E-state index in [0.717, 1.165) is 16.7 Å². The minimum Gasteiger partial charge on any atom is -0.253 e. The van der Waals surface area contributed by atoms with Crippen molar-refractivity contribution in [3.8, 4) is 0 Å². The molecule has 2 nitrogen and oxygen atoms in total. The predicted molar refractivity (Wildman–Crippen MR) is 50.3 cm³/mol. The number of rotatable bonds is 1. The molecule has 0 N–H and O–H groups in total. The maximum Gasteiger partial charge on any atom is 0.0896 e. The van der Waals surface area contributed by atoms with Crippen LogP contribution in [0.1, 0.15) is 24.5 Å². The first-order valence-electron chi connectivity index (χ1n) is 4.56. The summed E-state index contributed by atoms with van der Waals surface area (Å²) in [6.07, 6.45) is 4.45. The second kappa shape index (κ2) is 2.52. The lowest BCUT2D eigenvalue weighted by molar-refractivity contribution is 1.02. The Bertz CT molecular complexity index is 447. The molecule has 0 spiro atoms. The summed E-state index contributed by atoms with van der Waals surface area (Å²) in [6, 6.07) is 8.73. The van der Waals surface area contributed by atoms with E-state index < -0.39 is 0 Å². The molecule has 3 rings (SSSR count). The molecule has 2 aromatic rings. The molecule has 63 valence electrons. The second-order valence-electron chi connectivity index (χ2n) is 3.48. The lowest BCUT2D eigenvalue weighted by Gasteiger charge is -1.98. The highest BCUT2D eigenvalue weighted by Gasteiger charge is 2.25. The normalized spacial score (nSPS) is 16.3. The molecule has 0 atom stereocenters. The zero-order valence-corrected chi connectivity index (χ0v) is 7.20. The van der Waals surface area contributed by atoms with Gasteiger partial charge in [-0.05, 0) is 31.0 Å². The van der Waals surface area contributed by atoms with Gasteiger partial charge in [-0.3, -0.25) is 4.98 Å². The van der Waals surface area contributed by atoms with Crippen LogP contribution in [0.2, 0.25) is 0 Å². The molecular formula is C11H9N2. The molecule has 0 aliphatic heterocycles. The summed E-state index contributed by atoms with van der Waals surface area (Å²) < 4.78 is 0. The molecule has 13 heavy (non-hydrogen) atoms. The molecule has 1 aliphatic carbocycles. The molecule has 0 amide bonds. The van der Waals surface area contributed by atoms with Crippen LogP contribution < -0.4 is 0 Å². The number of fused-ring (bicyclic) bond motifs is 1. The first-order chi connectivity index (χ1) is 6.43. The minimum absolute atomic E-state index is 0.678. The van der Waals surface area contributed by atoms with E-state index in [1.165, 1.54) is 12.8 Å². The number of nitrogens with zero attached hydrogens (tertiary/aromatic N) is 2. The van der Waals surface area contributed by atoms with Gasteiger partial charge < -0.3 is 0 Å². The van der Waals surface area contributed by atoms with Crippen LogP contribution in [0.15, 0.2) is 24.4 Å². The van der Waals surface area contributed by atoms with Gasteiger partial charge in [0, 0.05) is 12.1 Å². The van der Waals surface area contributed by atoms with Crippen LogP contribution in [0.5, 0.6) is 0 Å². The summed E-state index contributed by atoms with van der Waals surface area (Å²) in [5.74, 6) is 0.678. The van der Waals surface area contributed by atoms with E-state index in [-0.39, 0.29) is 0 Å². The van der Waals surface area contributed by atoms with Crippen molar-refractivity contribution in [3.63, 3.8) is 0 Å². The van der Waals surface area contributed by atoms with Crippen LogP contribution in [0.25, 0.3) is 11.0 Å². The van der Waals surface area contributed by atoms with Gasteiger partial charge in [0.1, 0.15) is 0 Å². The van der Waals surface area contributed by atoms with E-state index in [4.69, 9.17) is 0 Å². The van der Waals surface area contributed by atoms with Crippen molar-refractivity contribution in [1.82, 2.24) is 9.97 Å². The smallest absolute Gasteiger partial charge is 0.0896 e. The third-order valence-corrected chi connectivity index (χ3v) is 2.40. The fourth-order valence-electron chi connectivity index (χ4n) is 1.49. The van der Waals surface area contributed by atoms with Gasteiger partial charge in [0.05, 0.1) is 16.7 Å². The highest BCUT2D eigenvalue weighted by molar-refractivity contribution is 5.73. The summed E-state index contributed by atoms with van der Waals surface area (Å²) in [5, 5.41) is 0. The fourth-order valence-corrected chi connectivity index (χ4v) is 1.49. The summed E-state index contributed by atoms with van der Waals surface area (Å²) in [7, 11) is 0. The van der Waals surface area contributed by atoms with Crippen molar-refractivity contribution in [2.75, 3.05) is 0 Å². The second-order valence-corrected chi connectivity index (χ2v) is 3.48. The number of aromatic nitrogens is 2. The topological polar surface area (TPSA) is 25.8 Å². The van der Waals surface area contributed by atoms with Crippen LogP contribution in [-0.4, -0.2) is 9.97 Å². The lowest BCUT2D eigenvalue weighted by atomic mass is 10.2. The Hall–Kier alpha value is -1.44. The van der Waals surface area contributed by atoms with Crippen molar-refractivity contribution in [2.24, 2.45) is 0 Å². The van der Waals surface area contributed by atoms with Gasteiger partial charge in [-0.25, -0.2) is 4.98 Å². The van der Waals surface area contributed by atoms with E-state index in [0.29, 0.717) is 5.92 Å². The molecule has 1 radical (unpaired) electrons. The predicted octanol–water partition coefficient (Wildman–Crippen LogP) is 2.31. The summed E-state index contributed by atoms with van der Waals surface area (Å²) in [5.41, 5.74) is 3.07. The van der Waals surface area contributed by atoms with Crippen LogP contribution >= 0.6 is 0 Å². The van der Waals surface area contributed by atoms with E-state index >= 15 is 0 Å². The molecule has 0 saturated heterocycles. The largest absolute Gasteiger partial charge is 0.253 e. The molecule has 1 fully saturated rings. The summed E-state index contributed by atoms with van der Waals surface area (Å²) in [6.45, 7) is 0.